The standard InChI is InChI=1S/C17H19F3N4O2S/c1-9(12(25)22-15(26)24-16(2,3)4)27-13-10-7-5-6-8-11(10)21-14(23-13)17(18,19)20/h5-9H,1-4H3,(H2,22,24,25,26)/t9-/m0/s1. The predicted molar refractivity (Wildman–Crippen MR) is 96.3 cm³/mol. The molecule has 0 radical (unpaired) electrons. The molecule has 0 bridgehead atoms. The van der Waals surface area contributed by atoms with Gasteiger partial charge in [-0.15, -0.1) is 0 Å². The Bertz CT molecular complexity index is 865. The summed E-state index contributed by atoms with van der Waals surface area (Å²) in [5.41, 5.74) is -0.411. The zero-order valence-corrected chi connectivity index (χ0v) is 16.0. The van der Waals surface area contributed by atoms with E-state index in [1.807, 2.05) is 0 Å². The Hall–Kier alpha value is -2.36. The third-order valence-electron chi connectivity index (χ3n) is 3.20. The Morgan fingerprint density at radius 3 is 2.33 bits per heavy atom. The number of imide groups is 1. The highest BCUT2D eigenvalue weighted by molar-refractivity contribution is 8.00. The Kier molecular flexibility index (Phi) is 5.98. The van der Waals surface area contributed by atoms with Crippen molar-refractivity contribution in [3.8, 4) is 0 Å². The molecule has 1 aromatic carbocycles. The number of hydrogen-bond donors (Lipinski definition) is 2. The summed E-state index contributed by atoms with van der Waals surface area (Å²) in [5.74, 6) is -1.92. The maximum absolute atomic E-state index is 13.1. The number of benzene rings is 1. The number of rotatable bonds is 3. The summed E-state index contributed by atoms with van der Waals surface area (Å²) < 4.78 is 39.2. The molecular formula is C17H19F3N4O2S. The highest BCUT2D eigenvalue weighted by atomic mass is 32.2. The topological polar surface area (TPSA) is 84.0 Å². The summed E-state index contributed by atoms with van der Waals surface area (Å²) in [6, 6.07) is 5.55. The van der Waals surface area contributed by atoms with Crippen LogP contribution in [0.2, 0.25) is 0 Å². The molecule has 2 aromatic rings. The number of fused-ring (bicyclic) bond motifs is 1. The van der Waals surface area contributed by atoms with Crippen molar-refractivity contribution in [3.05, 3.63) is 30.1 Å². The molecular weight excluding hydrogens is 381 g/mol. The van der Waals surface area contributed by atoms with Gasteiger partial charge in [-0.2, -0.15) is 13.2 Å². The molecule has 0 aliphatic rings. The number of urea groups is 1. The molecule has 6 nitrogen and oxygen atoms in total. The lowest BCUT2D eigenvalue weighted by Gasteiger charge is -2.21. The minimum Gasteiger partial charge on any atom is -0.333 e. The first-order chi connectivity index (χ1) is 12.4. The summed E-state index contributed by atoms with van der Waals surface area (Å²) in [5, 5.41) is 4.31. The number of para-hydroxylation sites is 1. The first-order valence-electron chi connectivity index (χ1n) is 8.00. The summed E-state index contributed by atoms with van der Waals surface area (Å²) in [7, 11) is 0. The third-order valence-corrected chi connectivity index (χ3v) is 4.31. The van der Waals surface area contributed by atoms with Crippen molar-refractivity contribution in [1.82, 2.24) is 20.6 Å². The van der Waals surface area contributed by atoms with Crippen molar-refractivity contribution in [2.45, 2.75) is 49.7 Å². The monoisotopic (exact) mass is 400 g/mol. The van der Waals surface area contributed by atoms with Crippen molar-refractivity contribution in [2.75, 3.05) is 0 Å². The second-order valence-corrected chi connectivity index (χ2v) is 8.15. The van der Waals surface area contributed by atoms with Crippen molar-refractivity contribution in [2.24, 2.45) is 0 Å². The van der Waals surface area contributed by atoms with Crippen LogP contribution in [0.4, 0.5) is 18.0 Å². The minimum absolute atomic E-state index is 0.0202. The molecule has 0 aliphatic heterocycles. The number of alkyl halides is 3. The first kappa shape index (κ1) is 20.9. The molecule has 3 amide bonds. The molecule has 0 spiro atoms. The maximum atomic E-state index is 13.1. The average molecular weight is 400 g/mol. The normalized spacial score (nSPS) is 13.3. The van der Waals surface area contributed by atoms with Gasteiger partial charge in [-0.1, -0.05) is 30.0 Å². The molecule has 0 fully saturated rings. The zero-order chi connectivity index (χ0) is 20.4. The average Bonchev–Trinajstić information content (AvgIpc) is 2.51. The van der Waals surface area contributed by atoms with Crippen LogP contribution in [0.5, 0.6) is 0 Å². The highest BCUT2D eigenvalue weighted by Gasteiger charge is 2.36. The molecule has 146 valence electrons. The number of amides is 3. The van der Waals surface area contributed by atoms with Crippen LogP contribution in [0.3, 0.4) is 0 Å². The number of halogens is 3. The van der Waals surface area contributed by atoms with Gasteiger partial charge in [0.15, 0.2) is 0 Å². The van der Waals surface area contributed by atoms with Gasteiger partial charge in [-0.05, 0) is 33.8 Å². The van der Waals surface area contributed by atoms with Gasteiger partial charge >= 0.3 is 12.2 Å². The summed E-state index contributed by atoms with van der Waals surface area (Å²) in [6.45, 7) is 6.73. The van der Waals surface area contributed by atoms with Gasteiger partial charge in [-0.3, -0.25) is 10.1 Å². The Balaban J connectivity index is 2.24. The fourth-order valence-electron chi connectivity index (χ4n) is 2.07. The molecule has 10 heteroatoms. The van der Waals surface area contributed by atoms with Crippen LogP contribution in [0.1, 0.15) is 33.5 Å². The molecule has 0 aliphatic carbocycles. The van der Waals surface area contributed by atoms with E-state index >= 15 is 0 Å². The summed E-state index contributed by atoms with van der Waals surface area (Å²) in [6.07, 6.45) is -4.71. The van der Waals surface area contributed by atoms with E-state index < -0.39 is 34.7 Å². The van der Waals surface area contributed by atoms with E-state index in [9.17, 15) is 22.8 Å². The van der Waals surface area contributed by atoms with Gasteiger partial charge < -0.3 is 5.32 Å². The molecule has 1 heterocycles. The summed E-state index contributed by atoms with van der Waals surface area (Å²) in [4.78, 5) is 31.1. The maximum Gasteiger partial charge on any atom is 0.451 e. The molecule has 1 atom stereocenters. The number of carbonyl (C=O) groups excluding carboxylic acids is 2. The minimum atomic E-state index is -4.71. The van der Waals surface area contributed by atoms with Gasteiger partial charge in [0, 0.05) is 10.9 Å². The molecule has 0 saturated heterocycles. The fourth-order valence-corrected chi connectivity index (χ4v) is 3.01. The van der Waals surface area contributed by atoms with Crippen molar-refractivity contribution >= 4 is 34.6 Å². The largest absolute Gasteiger partial charge is 0.451 e. The van der Waals surface area contributed by atoms with Gasteiger partial charge in [0.1, 0.15) is 5.03 Å². The lowest BCUT2D eigenvalue weighted by atomic mass is 10.1. The zero-order valence-electron chi connectivity index (χ0n) is 15.1. The van der Waals surface area contributed by atoms with Gasteiger partial charge in [0.25, 0.3) is 0 Å². The lowest BCUT2D eigenvalue weighted by molar-refractivity contribution is -0.145. The molecule has 1 aromatic heterocycles. The van der Waals surface area contributed by atoms with E-state index in [0.717, 1.165) is 11.8 Å². The van der Waals surface area contributed by atoms with Gasteiger partial charge in [0.2, 0.25) is 11.7 Å². The predicted octanol–water partition coefficient (Wildman–Crippen LogP) is 3.75. The van der Waals surface area contributed by atoms with Crippen LogP contribution in [0.15, 0.2) is 29.3 Å². The second-order valence-electron chi connectivity index (χ2n) is 6.82. The van der Waals surface area contributed by atoms with Crippen LogP contribution >= 0.6 is 11.8 Å². The van der Waals surface area contributed by atoms with E-state index in [1.165, 1.54) is 13.0 Å². The fraction of sp³-hybridized carbons (Fsp3) is 0.412. The van der Waals surface area contributed by atoms with Gasteiger partial charge in [0.05, 0.1) is 10.8 Å². The van der Waals surface area contributed by atoms with Crippen molar-refractivity contribution in [1.29, 1.82) is 0 Å². The van der Waals surface area contributed by atoms with E-state index in [2.05, 4.69) is 20.6 Å². The van der Waals surface area contributed by atoms with Crippen molar-refractivity contribution < 1.29 is 22.8 Å². The van der Waals surface area contributed by atoms with Crippen LogP contribution in [0, 0.1) is 0 Å². The number of hydrogen-bond acceptors (Lipinski definition) is 5. The van der Waals surface area contributed by atoms with E-state index in [-0.39, 0.29) is 10.5 Å². The molecule has 2 rings (SSSR count). The third kappa shape index (κ3) is 5.81. The Morgan fingerprint density at radius 2 is 1.74 bits per heavy atom. The lowest BCUT2D eigenvalue weighted by Crippen LogP contribution is -2.49. The Labute approximate surface area is 158 Å². The number of nitrogens with one attached hydrogen (secondary N) is 2. The van der Waals surface area contributed by atoms with E-state index in [1.54, 1.807) is 39.0 Å². The SMILES string of the molecule is C[C@H](Sc1nc(C(F)(F)F)nc2ccccc12)C(=O)NC(=O)NC(C)(C)C. The van der Waals surface area contributed by atoms with Crippen LogP contribution < -0.4 is 10.6 Å². The Morgan fingerprint density at radius 1 is 1.11 bits per heavy atom. The highest BCUT2D eigenvalue weighted by Crippen LogP contribution is 2.33. The summed E-state index contributed by atoms with van der Waals surface area (Å²) >= 11 is 0.828. The van der Waals surface area contributed by atoms with Crippen molar-refractivity contribution in [3.63, 3.8) is 0 Å². The first-order valence-corrected chi connectivity index (χ1v) is 8.88. The molecule has 0 saturated carbocycles. The number of carbonyl (C=O) groups is 2. The second kappa shape index (κ2) is 7.71. The van der Waals surface area contributed by atoms with Crippen LogP contribution in [0.25, 0.3) is 10.9 Å². The molecule has 2 N–H and O–H groups in total. The number of nitrogens with zero attached hydrogens (tertiary/aromatic N) is 2. The molecule has 27 heavy (non-hydrogen) atoms. The number of thioether (sulfide) groups is 1. The van der Waals surface area contributed by atoms with Crippen LogP contribution in [-0.2, 0) is 11.0 Å². The van der Waals surface area contributed by atoms with Gasteiger partial charge in [-0.25, -0.2) is 14.8 Å². The van der Waals surface area contributed by atoms with E-state index in [4.69, 9.17) is 0 Å². The number of aromatic nitrogens is 2. The van der Waals surface area contributed by atoms with E-state index in [0.29, 0.717) is 5.39 Å². The smallest absolute Gasteiger partial charge is 0.333 e. The quantitative estimate of drug-likeness (QED) is 0.606. The van der Waals surface area contributed by atoms with Crippen LogP contribution in [-0.4, -0.2) is 32.7 Å². The molecule has 0 unspecified atom stereocenters.